The number of ether oxygens (including phenoxy) is 1. The molecule has 3 rings (SSSR count). The van der Waals surface area contributed by atoms with Crippen LogP contribution in [0.25, 0.3) is 0 Å². The normalized spacial score (nSPS) is 17.0. The Morgan fingerprint density at radius 2 is 2.09 bits per heavy atom. The maximum absolute atomic E-state index is 12.8. The zero-order valence-electron chi connectivity index (χ0n) is 13.8. The number of hydrogen-bond donors (Lipinski definition) is 1. The Balaban J connectivity index is 1.94. The van der Waals surface area contributed by atoms with Crippen LogP contribution in [0.2, 0.25) is 0 Å². The second-order valence-corrected chi connectivity index (χ2v) is 6.00. The van der Waals surface area contributed by atoms with E-state index in [1.165, 1.54) is 7.11 Å². The maximum Gasteiger partial charge on any atom is 0.290 e. The van der Waals surface area contributed by atoms with Crippen LogP contribution in [0.5, 0.6) is 11.5 Å². The lowest BCUT2D eigenvalue weighted by atomic mass is 9.92. The predicted octanol–water partition coefficient (Wildman–Crippen LogP) is 3.37. The van der Waals surface area contributed by atoms with E-state index in [1.807, 2.05) is 26.8 Å². The Bertz CT molecular complexity index is 743. The molecule has 0 spiro atoms. The molecule has 0 saturated carbocycles. The molecule has 122 valence electrons. The van der Waals surface area contributed by atoms with Crippen LogP contribution in [-0.4, -0.2) is 29.6 Å². The zero-order chi connectivity index (χ0) is 16.7. The number of methoxy groups -OCH3 is 1. The topological polar surface area (TPSA) is 62.9 Å². The van der Waals surface area contributed by atoms with E-state index in [0.717, 1.165) is 22.5 Å². The average Bonchev–Trinajstić information content (AvgIpc) is 2.86. The lowest BCUT2D eigenvalue weighted by molar-refractivity contribution is 0.0643. The summed E-state index contributed by atoms with van der Waals surface area (Å²) in [6.45, 7) is 6.36. The third-order valence-corrected chi connectivity index (χ3v) is 4.62. The molecule has 1 aliphatic heterocycles. The first-order valence-corrected chi connectivity index (χ1v) is 7.70. The van der Waals surface area contributed by atoms with Crippen LogP contribution in [0.15, 0.2) is 22.6 Å². The average molecular weight is 315 g/mol. The van der Waals surface area contributed by atoms with Crippen molar-refractivity contribution in [3.05, 3.63) is 46.4 Å². The van der Waals surface area contributed by atoms with Gasteiger partial charge in [0.15, 0.2) is 17.3 Å². The van der Waals surface area contributed by atoms with Gasteiger partial charge in [-0.1, -0.05) is 0 Å². The molecule has 2 aromatic rings. The van der Waals surface area contributed by atoms with Crippen LogP contribution < -0.4 is 4.74 Å². The van der Waals surface area contributed by atoms with Gasteiger partial charge in [-0.3, -0.25) is 4.79 Å². The van der Waals surface area contributed by atoms with Crippen LogP contribution in [-0.2, 0) is 6.42 Å². The first-order valence-electron chi connectivity index (χ1n) is 7.70. The Morgan fingerprint density at radius 1 is 1.35 bits per heavy atom. The number of aromatic hydroxyl groups is 1. The molecule has 0 saturated heterocycles. The van der Waals surface area contributed by atoms with E-state index in [1.54, 1.807) is 17.0 Å². The smallest absolute Gasteiger partial charge is 0.290 e. The molecule has 0 aliphatic carbocycles. The van der Waals surface area contributed by atoms with Gasteiger partial charge in [-0.2, -0.15) is 0 Å². The Morgan fingerprint density at radius 3 is 2.70 bits per heavy atom. The van der Waals surface area contributed by atoms with Crippen molar-refractivity contribution >= 4 is 5.91 Å². The summed E-state index contributed by atoms with van der Waals surface area (Å²) in [5.41, 5.74) is 3.02. The minimum atomic E-state index is -0.105. The number of aryl methyl sites for hydroxylation is 2. The first kappa shape index (κ1) is 15.5. The highest BCUT2D eigenvalue weighted by atomic mass is 16.5. The molecule has 1 aliphatic rings. The monoisotopic (exact) mass is 315 g/mol. The first-order chi connectivity index (χ1) is 10.9. The number of nitrogens with zero attached hydrogens (tertiary/aromatic N) is 1. The molecule has 1 aromatic carbocycles. The largest absolute Gasteiger partial charge is 0.504 e. The van der Waals surface area contributed by atoms with E-state index in [0.29, 0.717) is 24.5 Å². The van der Waals surface area contributed by atoms with Crippen molar-refractivity contribution in [1.82, 2.24) is 4.90 Å². The summed E-state index contributed by atoms with van der Waals surface area (Å²) >= 11 is 0. The number of benzene rings is 1. The van der Waals surface area contributed by atoms with Crippen molar-refractivity contribution in [3.8, 4) is 11.5 Å². The number of carbonyl (C=O) groups is 1. The van der Waals surface area contributed by atoms with E-state index in [2.05, 4.69) is 0 Å². The summed E-state index contributed by atoms with van der Waals surface area (Å²) in [6, 6.07) is 5.23. The third-order valence-electron chi connectivity index (χ3n) is 4.62. The van der Waals surface area contributed by atoms with Crippen molar-refractivity contribution in [2.45, 2.75) is 33.2 Å². The van der Waals surface area contributed by atoms with Crippen molar-refractivity contribution < 1.29 is 19.1 Å². The van der Waals surface area contributed by atoms with Gasteiger partial charge in [0, 0.05) is 6.54 Å². The predicted molar refractivity (Wildman–Crippen MR) is 86.0 cm³/mol. The van der Waals surface area contributed by atoms with Gasteiger partial charge in [-0.05, 0) is 62.1 Å². The number of phenolic OH excluding ortho intramolecular Hbond substituents is 1. The molecular formula is C18H21NO4. The minimum Gasteiger partial charge on any atom is -0.504 e. The molecule has 0 radical (unpaired) electrons. The second kappa shape index (κ2) is 5.65. The van der Waals surface area contributed by atoms with Gasteiger partial charge < -0.3 is 19.2 Å². The van der Waals surface area contributed by atoms with Crippen molar-refractivity contribution in [1.29, 1.82) is 0 Å². The second-order valence-electron chi connectivity index (χ2n) is 6.00. The standard InChI is InChI=1S/C18H21NO4/c1-10-7-17(23-12(10)3)18(21)19-6-5-13-8-15(20)16(22-4)9-14(13)11(19)2/h7-9,11,20H,5-6H2,1-4H3/t11-/m0/s1. The molecule has 1 N–H and O–H groups in total. The number of amides is 1. The SMILES string of the molecule is COc1cc2c(cc1O)CCN(C(=O)c1cc(C)c(C)o1)[C@H]2C. The van der Waals surface area contributed by atoms with Gasteiger partial charge in [-0.25, -0.2) is 0 Å². The highest BCUT2D eigenvalue weighted by Gasteiger charge is 2.31. The molecular weight excluding hydrogens is 294 g/mol. The molecule has 0 bridgehead atoms. The van der Waals surface area contributed by atoms with Crippen LogP contribution in [0.4, 0.5) is 0 Å². The van der Waals surface area contributed by atoms with Crippen molar-refractivity contribution in [2.24, 2.45) is 0 Å². The molecule has 5 heteroatoms. The van der Waals surface area contributed by atoms with Crippen LogP contribution in [0.1, 0.15) is 46.0 Å². The van der Waals surface area contributed by atoms with Crippen LogP contribution >= 0.6 is 0 Å². The van der Waals surface area contributed by atoms with Gasteiger partial charge in [0.05, 0.1) is 13.2 Å². The fourth-order valence-corrected chi connectivity index (χ4v) is 3.10. The summed E-state index contributed by atoms with van der Waals surface area (Å²) in [4.78, 5) is 14.6. The third kappa shape index (κ3) is 2.56. The van der Waals surface area contributed by atoms with E-state index < -0.39 is 0 Å². The van der Waals surface area contributed by atoms with E-state index in [-0.39, 0.29) is 17.7 Å². The van der Waals surface area contributed by atoms with Crippen molar-refractivity contribution in [3.63, 3.8) is 0 Å². The van der Waals surface area contributed by atoms with Gasteiger partial charge >= 0.3 is 0 Å². The molecule has 2 heterocycles. The lowest BCUT2D eigenvalue weighted by Crippen LogP contribution is -2.38. The summed E-state index contributed by atoms with van der Waals surface area (Å²) in [7, 11) is 1.52. The molecule has 1 atom stereocenters. The molecule has 23 heavy (non-hydrogen) atoms. The molecule has 0 fully saturated rings. The number of phenols is 1. The fraction of sp³-hybridized carbons (Fsp3) is 0.389. The van der Waals surface area contributed by atoms with Crippen LogP contribution in [0.3, 0.4) is 0 Å². The van der Waals surface area contributed by atoms with Gasteiger partial charge in [0.25, 0.3) is 5.91 Å². The number of carbonyl (C=O) groups excluding carboxylic acids is 1. The number of rotatable bonds is 2. The van der Waals surface area contributed by atoms with Crippen LogP contribution in [0, 0.1) is 13.8 Å². The highest BCUT2D eigenvalue weighted by Crippen LogP contribution is 2.37. The van der Waals surface area contributed by atoms with Gasteiger partial charge in [-0.15, -0.1) is 0 Å². The summed E-state index contributed by atoms with van der Waals surface area (Å²) < 4.78 is 10.8. The number of hydrogen-bond acceptors (Lipinski definition) is 4. The summed E-state index contributed by atoms with van der Waals surface area (Å²) in [6.07, 6.45) is 0.696. The molecule has 1 amide bonds. The highest BCUT2D eigenvalue weighted by molar-refractivity contribution is 5.92. The Kier molecular flexibility index (Phi) is 3.80. The minimum absolute atomic E-state index is 0.105. The maximum atomic E-state index is 12.8. The summed E-state index contributed by atoms with van der Waals surface area (Å²) in [5.74, 6) is 1.60. The number of fused-ring (bicyclic) bond motifs is 1. The van der Waals surface area contributed by atoms with E-state index in [9.17, 15) is 9.90 Å². The van der Waals surface area contributed by atoms with E-state index in [4.69, 9.17) is 9.15 Å². The van der Waals surface area contributed by atoms with Crippen molar-refractivity contribution in [2.75, 3.05) is 13.7 Å². The molecule has 5 nitrogen and oxygen atoms in total. The Hall–Kier alpha value is -2.43. The van der Waals surface area contributed by atoms with Gasteiger partial charge in [0.2, 0.25) is 0 Å². The quantitative estimate of drug-likeness (QED) is 0.923. The fourth-order valence-electron chi connectivity index (χ4n) is 3.10. The Labute approximate surface area is 135 Å². The molecule has 1 aromatic heterocycles. The number of furan rings is 1. The van der Waals surface area contributed by atoms with Gasteiger partial charge in [0.1, 0.15) is 5.76 Å². The van der Waals surface area contributed by atoms with E-state index >= 15 is 0 Å². The lowest BCUT2D eigenvalue weighted by Gasteiger charge is -2.35. The zero-order valence-corrected chi connectivity index (χ0v) is 13.8. The molecule has 0 unspecified atom stereocenters. The summed E-state index contributed by atoms with van der Waals surface area (Å²) in [5, 5.41) is 9.92.